The Morgan fingerprint density at radius 2 is 1.90 bits per heavy atom. The summed E-state index contributed by atoms with van der Waals surface area (Å²) in [5, 5.41) is 3.04. The normalized spacial score (nSPS) is 21.1. The van der Waals surface area contributed by atoms with Crippen LogP contribution < -0.4 is 10.2 Å². The monoisotopic (exact) mass is 398 g/mol. The molecule has 2 saturated heterocycles. The molecule has 4 heterocycles. The quantitative estimate of drug-likeness (QED) is 0.831. The van der Waals surface area contributed by atoms with E-state index in [1.807, 2.05) is 18.2 Å². The molecule has 0 aliphatic carbocycles. The third-order valence-corrected chi connectivity index (χ3v) is 5.86. The maximum absolute atomic E-state index is 13.0. The van der Waals surface area contributed by atoms with Gasteiger partial charge in [0.25, 0.3) is 0 Å². The zero-order valence-corrected chi connectivity index (χ0v) is 16.5. The van der Waals surface area contributed by atoms with Crippen LogP contribution in [0.1, 0.15) is 31.4 Å². The molecule has 2 aliphatic rings. The lowest BCUT2D eigenvalue weighted by atomic mass is 9.93. The van der Waals surface area contributed by atoms with Gasteiger partial charge in [0.2, 0.25) is 11.9 Å². The van der Waals surface area contributed by atoms with E-state index in [0.717, 1.165) is 57.6 Å². The minimum absolute atomic E-state index is 0.0333. The van der Waals surface area contributed by atoms with Crippen molar-refractivity contribution in [2.24, 2.45) is 5.92 Å². The van der Waals surface area contributed by atoms with Crippen LogP contribution in [0.2, 0.25) is 0 Å². The second-order valence-corrected chi connectivity index (χ2v) is 7.79. The molecule has 8 heteroatoms. The van der Waals surface area contributed by atoms with Crippen molar-refractivity contribution in [3.63, 3.8) is 0 Å². The van der Waals surface area contributed by atoms with Crippen LogP contribution >= 0.6 is 0 Å². The molecule has 1 N–H and O–H groups in total. The van der Waals surface area contributed by atoms with E-state index in [1.165, 1.54) is 12.4 Å². The fourth-order valence-electron chi connectivity index (χ4n) is 4.28. The van der Waals surface area contributed by atoms with Crippen molar-refractivity contribution in [1.29, 1.82) is 0 Å². The molecule has 154 valence electrons. The van der Waals surface area contributed by atoms with Gasteiger partial charge < -0.3 is 10.2 Å². The van der Waals surface area contributed by atoms with Crippen molar-refractivity contribution in [3.05, 3.63) is 48.3 Å². The summed E-state index contributed by atoms with van der Waals surface area (Å²) in [7, 11) is 0. The van der Waals surface area contributed by atoms with Gasteiger partial charge in [-0.15, -0.1) is 0 Å². The van der Waals surface area contributed by atoms with Gasteiger partial charge in [0, 0.05) is 31.9 Å². The van der Waals surface area contributed by atoms with Crippen LogP contribution in [0, 0.1) is 11.7 Å². The Bertz CT molecular complexity index is 795. The number of pyridine rings is 1. The van der Waals surface area contributed by atoms with E-state index in [9.17, 15) is 9.18 Å². The molecule has 0 spiro atoms. The Balaban J connectivity index is 1.26. The number of halogens is 1. The maximum atomic E-state index is 13.0. The molecule has 29 heavy (non-hydrogen) atoms. The van der Waals surface area contributed by atoms with Crippen LogP contribution in [0.4, 0.5) is 10.3 Å². The topological polar surface area (TPSA) is 74.2 Å². The Morgan fingerprint density at radius 3 is 2.62 bits per heavy atom. The third-order valence-electron chi connectivity index (χ3n) is 5.86. The number of carbonyl (C=O) groups is 1. The van der Waals surface area contributed by atoms with E-state index in [0.29, 0.717) is 18.5 Å². The Kier molecular flexibility index (Phi) is 6.29. The Morgan fingerprint density at radius 1 is 1.10 bits per heavy atom. The van der Waals surface area contributed by atoms with Crippen LogP contribution in [0.15, 0.2) is 36.8 Å². The number of hydrogen-bond acceptors (Lipinski definition) is 6. The fraction of sp³-hybridized carbons (Fsp3) is 0.524. The first-order valence-corrected chi connectivity index (χ1v) is 10.3. The molecule has 0 radical (unpaired) electrons. The van der Waals surface area contributed by atoms with Crippen molar-refractivity contribution in [2.45, 2.75) is 38.3 Å². The number of anilines is 1. The van der Waals surface area contributed by atoms with Gasteiger partial charge >= 0.3 is 0 Å². The number of rotatable bonds is 5. The molecule has 4 rings (SSSR count). The first kappa shape index (κ1) is 19.7. The molecule has 1 atom stereocenters. The van der Waals surface area contributed by atoms with Crippen LogP contribution in [-0.2, 0) is 11.3 Å². The molecule has 2 aliphatic heterocycles. The van der Waals surface area contributed by atoms with Gasteiger partial charge in [0.05, 0.1) is 30.6 Å². The van der Waals surface area contributed by atoms with Crippen molar-refractivity contribution >= 4 is 11.9 Å². The lowest BCUT2D eigenvalue weighted by Gasteiger charge is -2.42. The smallest absolute Gasteiger partial charge is 0.225 e. The molecule has 2 aromatic rings. The minimum Gasteiger partial charge on any atom is -0.350 e. The number of aromatic nitrogens is 3. The lowest BCUT2D eigenvalue weighted by molar-refractivity contribution is -0.127. The highest BCUT2D eigenvalue weighted by molar-refractivity contribution is 5.78. The largest absolute Gasteiger partial charge is 0.350 e. The lowest BCUT2D eigenvalue weighted by Crippen LogP contribution is -2.51. The number of hydrogen-bond donors (Lipinski definition) is 1. The summed E-state index contributed by atoms with van der Waals surface area (Å²) in [6.45, 7) is 4.03. The van der Waals surface area contributed by atoms with Crippen molar-refractivity contribution in [2.75, 3.05) is 31.1 Å². The van der Waals surface area contributed by atoms with Crippen LogP contribution in [-0.4, -0.2) is 58.0 Å². The Labute approximate surface area is 170 Å². The van der Waals surface area contributed by atoms with Crippen molar-refractivity contribution < 1.29 is 9.18 Å². The molecule has 2 fully saturated rings. The van der Waals surface area contributed by atoms with Gasteiger partial charge in [-0.05, 0) is 44.4 Å². The van der Waals surface area contributed by atoms with E-state index < -0.39 is 5.82 Å². The predicted octanol–water partition coefficient (Wildman–Crippen LogP) is 2.01. The number of nitrogens with zero attached hydrogens (tertiary/aromatic N) is 5. The summed E-state index contributed by atoms with van der Waals surface area (Å²) < 4.78 is 13.0. The maximum Gasteiger partial charge on any atom is 0.225 e. The van der Waals surface area contributed by atoms with E-state index in [2.05, 4.69) is 30.1 Å². The fourth-order valence-corrected chi connectivity index (χ4v) is 4.28. The number of amides is 1. The molecule has 0 aromatic carbocycles. The molecule has 7 nitrogen and oxygen atoms in total. The van der Waals surface area contributed by atoms with E-state index >= 15 is 0 Å². The van der Waals surface area contributed by atoms with E-state index in [4.69, 9.17) is 0 Å². The zero-order valence-electron chi connectivity index (χ0n) is 16.5. The van der Waals surface area contributed by atoms with Crippen LogP contribution in [0.3, 0.4) is 0 Å². The van der Waals surface area contributed by atoms with Gasteiger partial charge in [-0.2, -0.15) is 0 Å². The number of nitrogens with one attached hydrogen (secondary N) is 1. The summed E-state index contributed by atoms with van der Waals surface area (Å²) in [4.78, 5) is 29.7. The van der Waals surface area contributed by atoms with Crippen LogP contribution in [0.25, 0.3) is 0 Å². The number of piperidine rings is 2. The molecule has 0 unspecified atom stereocenters. The summed E-state index contributed by atoms with van der Waals surface area (Å²) in [5.74, 6) is 0.336. The second-order valence-electron chi connectivity index (χ2n) is 7.79. The van der Waals surface area contributed by atoms with Crippen molar-refractivity contribution in [3.8, 4) is 0 Å². The highest BCUT2D eigenvalue weighted by atomic mass is 19.1. The zero-order chi connectivity index (χ0) is 20.1. The molecular weight excluding hydrogens is 371 g/mol. The molecule has 0 bridgehead atoms. The van der Waals surface area contributed by atoms with Gasteiger partial charge in [0.1, 0.15) is 0 Å². The third kappa shape index (κ3) is 5.06. The summed E-state index contributed by atoms with van der Waals surface area (Å²) in [5.41, 5.74) is 0.879. The highest BCUT2D eigenvalue weighted by Gasteiger charge is 2.32. The van der Waals surface area contributed by atoms with Gasteiger partial charge in [-0.25, -0.2) is 14.4 Å². The average molecular weight is 398 g/mol. The number of carbonyl (C=O) groups excluding carboxylic acids is 1. The Hall–Kier alpha value is -2.61. The first-order chi connectivity index (χ1) is 14.2. The summed E-state index contributed by atoms with van der Waals surface area (Å²) in [6, 6.07) is 6.20. The molecule has 1 amide bonds. The predicted molar refractivity (Wildman–Crippen MR) is 108 cm³/mol. The van der Waals surface area contributed by atoms with Gasteiger partial charge in [-0.3, -0.25) is 14.7 Å². The second kappa shape index (κ2) is 9.26. The number of likely N-dealkylation sites (tertiary alicyclic amines) is 1. The van der Waals surface area contributed by atoms with Crippen molar-refractivity contribution in [1.82, 2.24) is 25.2 Å². The minimum atomic E-state index is -0.413. The molecule has 2 aromatic heterocycles. The standard InChI is InChI=1S/C21H27FN6O/c22-17-12-25-21(26-13-17)27-10-6-19(7-11-27)28-9-3-4-16(15-28)20(29)24-14-18-5-1-2-8-23-18/h1-2,5,8,12-13,16,19H,3-4,6-7,9-11,14-15H2,(H,24,29)/t16-/m0/s1. The molecular formula is C21H27FN6O. The average Bonchev–Trinajstić information content (AvgIpc) is 2.79. The summed E-state index contributed by atoms with van der Waals surface area (Å²) in [6.07, 6.45) is 8.16. The molecule has 0 saturated carbocycles. The SMILES string of the molecule is O=C(NCc1ccccn1)[C@H]1CCCN(C2CCN(c3ncc(F)cn3)CC2)C1. The van der Waals surface area contributed by atoms with Crippen LogP contribution in [0.5, 0.6) is 0 Å². The highest BCUT2D eigenvalue weighted by Crippen LogP contribution is 2.25. The van der Waals surface area contributed by atoms with Gasteiger partial charge in [0.15, 0.2) is 5.82 Å². The van der Waals surface area contributed by atoms with Gasteiger partial charge in [-0.1, -0.05) is 6.07 Å². The first-order valence-electron chi connectivity index (χ1n) is 10.3. The van der Waals surface area contributed by atoms with E-state index in [-0.39, 0.29) is 11.8 Å². The van der Waals surface area contributed by atoms with E-state index in [1.54, 1.807) is 6.20 Å². The summed E-state index contributed by atoms with van der Waals surface area (Å²) >= 11 is 0.